The van der Waals surface area contributed by atoms with Gasteiger partial charge in [-0.1, -0.05) is 43.2 Å². The molecule has 3 aromatic rings. The SMILES string of the molecule is Cl.Cl.N[C@H]1CC[C@H](Nc2nc(NC3CCN(C(=O)NCCc4ccccc4)CC3)c3ncn(C4CCCC4)c3n2)CC1. The Labute approximate surface area is 260 Å². The van der Waals surface area contributed by atoms with Crippen LogP contribution in [0.3, 0.4) is 0 Å². The number of aromatic nitrogens is 4. The molecule has 1 saturated heterocycles. The van der Waals surface area contributed by atoms with E-state index in [-0.39, 0.29) is 36.9 Å². The van der Waals surface area contributed by atoms with Crippen LogP contribution in [-0.2, 0) is 6.42 Å². The fraction of sp³-hybridized carbons (Fsp3) is 0.600. The van der Waals surface area contributed by atoms with Gasteiger partial charge in [-0.05, 0) is 63.4 Å². The summed E-state index contributed by atoms with van der Waals surface area (Å²) in [6.07, 6.45) is 13.5. The largest absolute Gasteiger partial charge is 0.365 e. The molecule has 5 N–H and O–H groups in total. The van der Waals surface area contributed by atoms with Crippen molar-refractivity contribution in [2.24, 2.45) is 5.73 Å². The highest BCUT2D eigenvalue weighted by Crippen LogP contribution is 2.34. The summed E-state index contributed by atoms with van der Waals surface area (Å²) >= 11 is 0. The first kappa shape index (κ1) is 32.1. The molecular weight excluding hydrogens is 573 g/mol. The molecule has 3 heterocycles. The summed E-state index contributed by atoms with van der Waals surface area (Å²) < 4.78 is 2.26. The van der Waals surface area contributed by atoms with Gasteiger partial charge in [0.25, 0.3) is 0 Å². The average molecular weight is 619 g/mol. The number of hydrogen-bond donors (Lipinski definition) is 4. The lowest BCUT2D eigenvalue weighted by molar-refractivity contribution is 0.184. The topological polar surface area (TPSA) is 126 Å². The number of piperidine rings is 1. The molecule has 1 aliphatic heterocycles. The molecule has 230 valence electrons. The summed E-state index contributed by atoms with van der Waals surface area (Å²) in [5.41, 5.74) is 9.12. The molecule has 0 spiro atoms. The standard InChI is InChI=1S/C30H43N9O.2ClH/c31-22-10-12-23(13-11-22)35-29-36-27(26-28(37-29)39(20-33-26)25-8-4-5-9-25)34-24-15-18-38(19-16-24)30(40)32-17-14-21-6-2-1-3-7-21;;/h1-3,6-7,20,22-25H,4-5,8-19,31H2,(H,32,40)(H2,34,35,36,37);2*1H/t22-,23-;;. The van der Waals surface area contributed by atoms with Crippen molar-refractivity contribution in [1.29, 1.82) is 0 Å². The third-order valence-electron chi connectivity index (χ3n) is 8.90. The van der Waals surface area contributed by atoms with Crippen LogP contribution < -0.4 is 21.7 Å². The first-order valence-corrected chi connectivity index (χ1v) is 15.2. The number of hydrogen-bond acceptors (Lipinski definition) is 7. The van der Waals surface area contributed by atoms with E-state index >= 15 is 0 Å². The number of fused-ring (bicyclic) bond motifs is 1. The van der Waals surface area contributed by atoms with Crippen LogP contribution in [0.1, 0.15) is 75.8 Å². The van der Waals surface area contributed by atoms with Crippen molar-refractivity contribution in [2.45, 2.75) is 94.8 Å². The van der Waals surface area contributed by atoms with E-state index in [2.05, 4.69) is 32.7 Å². The summed E-state index contributed by atoms with van der Waals surface area (Å²) in [5, 5.41) is 10.4. The Kier molecular flexibility index (Phi) is 11.5. The summed E-state index contributed by atoms with van der Waals surface area (Å²) in [6.45, 7) is 2.08. The number of rotatable bonds is 8. The Hall–Kier alpha value is -2.82. The van der Waals surface area contributed by atoms with Crippen molar-refractivity contribution >= 4 is 53.8 Å². The zero-order chi connectivity index (χ0) is 27.3. The molecule has 10 nitrogen and oxygen atoms in total. The molecule has 0 atom stereocenters. The Morgan fingerprint density at radius 3 is 2.29 bits per heavy atom. The summed E-state index contributed by atoms with van der Waals surface area (Å²) in [5.74, 6) is 1.47. The number of likely N-dealkylation sites (tertiary alicyclic amines) is 1. The van der Waals surface area contributed by atoms with E-state index in [9.17, 15) is 4.79 Å². The van der Waals surface area contributed by atoms with Crippen LogP contribution in [0.4, 0.5) is 16.6 Å². The highest BCUT2D eigenvalue weighted by molar-refractivity contribution is 5.86. The minimum Gasteiger partial charge on any atom is -0.365 e. The second-order valence-electron chi connectivity index (χ2n) is 11.8. The van der Waals surface area contributed by atoms with Crippen molar-refractivity contribution in [3.63, 3.8) is 0 Å². The number of carbonyl (C=O) groups excluding carboxylic acids is 1. The van der Waals surface area contributed by atoms with Crippen LogP contribution in [0.2, 0.25) is 0 Å². The lowest BCUT2D eigenvalue weighted by Crippen LogP contribution is -2.47. The Bertz CT molecular complexity index is 1270. The quantitative estimate of drug-likeness (QED) is 0.270. The lowest BCUT2D eigenvalue weighted by atomic mass is 9.92. The number of nitrogens with one attached hydrogen (secondary N) is 3. The highest BCUT2D eigenvalue weighted by atomic mass is 35.5. The number of nitrogens with zero attached hydrogens (tertiary/aromatic N) is 5. The minimum atomic E-state index is 0. The molecular formula is C30H45Cl2N9O. The van der Waals surface area contributed by atoms with Crippen molar-refractivity contribution in [2.75, 3.05) is 30.3 Å². The van der Waals surface area contributed by atoms with Gasteiger partial charge in [0, 0.05) is 43.8 Å². The molecule has 1 aromatic carbocycles. The number of halogens is 2. The fourth-order valence-electron chi connectivity index (χ4n) is 6.47. The van der Waals surface area contributed by atoms with Crippen molar-refractivity contribution in [3.05, 3.63) is 42.2 Å². The predicted octanol–water partition coefficient (Wildman–Crippen LogP) is 5.30. The van der Waals surface area contributed by atoms with Gasteiger partial charge in [-0.25, -0.2) is 9.78 Å². The third-order valence-corrected chi connectivity index (χ3v) is 8.90. The second kappa shape index (κ2) is 15.1. The van der Waals surface area contributed by atoms with Gasteiger partial charge in [-0.15, -0.1) is 24.8 Å². The van der Waals surface area contributed by atoms with E-state index in [0.717, 1.165) is 61.9 Å². The summed E-state index contributed by atoms with van der Waals surface area (Å²) in [6, 6.07) is 11.6. The number of nitrogens with two attached hydrogens (primary N) is 1. The van der Waals surface area contributed by atoms with Gasteiger partial charge in [0.15, 0.2) is 17.0 Å². The number of benzene rings is 1. The number of urea groups is 1. The Morgan fingerprint density at radius 2 is 1.57 bits per heavy atom. The molecule has 0 radical (unpaired) electrons. The average Bonchev–Trinajstić information content (AvgIpc) is 3.66. The molecule has 2 aromatic heterocycles. The van der Waals surface area contributed by atoms with Gasteiger partial charge in [0.1, 0.15) is 0 Å². The molecule has 0 unspecified atom stereocenters. The maximum Gasteiger partial charge on any atom is 0.317 e. The van der Waals surface area contributed by atoms with E-state index in [1.807, 2.05) is 29.4 Å². The summed E-state index contributed by atoms with van der Waals surface area (Å²) in [4.78, 5) is 29.4. The molecule has 6 rings (SSSR count). The van der Waals surface area contributed by atoms with Crippen LogP contribution in [0.15, 0.2) is 36.7 Å². The third kappa shape index (κ3) is 7.76. The normalized spacial score (nSPS) is 21.4. The van der Waals surface area contributed by atoms with Crippen molar-refractivity contribution in [3.8, 4) is 0 Å². The lowest BCUT2D eigenvalue weighted by Gasteiger charge is -2.32. The summed E-state index contributed by atoms with van der Waals surface area (Å²) in [7, 11) is 0. The Balaban J connectivity index is 0.00000202. The highest BCUT2D eigenvalue weighted by Gasteiger charge is 2.27. The van der Waals surface area contributed by atoms with Crippen molar-refractivity contribution < 1.29 is 4.79 Å². The van der Waals surface area contributed by atoms with Gasteiger partial charge < -0.3 is 31.2 Å². The molecule has 2 saturated carbocycles. The van der Waals surface area contributed by atoms with Crippen LogP contribution >= 0.6 is 24.8 Å². The van der Waals surface area contributed by atoms with Gasteiger partial charge in [-0.2, -0.15) is 9.97 Å². The predicted molar refractivity (Wildman–Crippen MR) is 173 cm³/mol. The van der Waals surface area contributed by atoms with Crippen LogP contribution in [0, 0.1) is 0 Å². The first-order valence-electron chi connectivity index (χ1n) is 15.2. The maximum absolute atomic E-state index is 12.8. The van der Waals surface area contributed by atoms with Crippen molar-refractivity contribution in [1.82, 2.24) is 29.7 Å². The van der Waals surface area contributed by atoms with E-state index in [0.29, 0.717) is 43.7 Å². The number of anilines is 2. The number of imidazole rings is 1. The van der Waals surface area contributed by atoms with E-state index in [1.54, 1.807) is 0 Å². The molecule has 42 heavy (non-hydrogen) atoms. The molecule has 0 bridgehead atoms. The first-order chi connectivity index (χ1) is 19.6. The molecule has 12 heteroatoms. The second-order valence-corrected chi connectivity index (χ2v) is 11.8. The fourth-order valence-corrected chi connectivity index (χ4v) is 6.47. The zero-order valence-electron chi connectivity index (χ0n) is 24.2. The van der Waals surface area contributed by atoms with Gasteiger partial charge in [0.05, 0.1) is 6.33 Å². The van der Waals surface area contributed by atoms with E-state index in [1.165, 1.54) is 31.2 Å². The monoisotopic (exact) mass is 617 g/mol. The number of amides is 2. The van der Waals surface area contributed by atoms with Gasteiger partial charge in [-0.3, -0.25) is 0 Å². The molecule has 2 aliphatic carbocycles. The van der Waals surface area contributed by atoms with E-state index < -0.39 is 0 Å². The smallest absolute Gasteiger partial charge is 0.317 e. The van der Waals surface area contributed by atoms with Crippen LogP contribution in [0.5, 0.6) is 0 Å². The molecule has 3 aliphatic rings. The van der Waals surface area contributed by atoms with Crippen LogP contribution in [-0.4, -0.2) is 68.2 Å². The van der Waals surface area contributed by atoms with Crippen LogP contribution in [0.25, 0.3) is 11.2 Å². The maximum atomic E-state index is 12.8. The van der Waals surface area contributed by atoms with Gasteiger partial charge in [0.2, 0.25) is 5.95 Å². The zero-order valence-corrected chi connectivity index (χ0v) is 25.8. The number of carbonyl (C=O) groups is 1. The van der Waals surface area contributed by atoms with Gasteiger partial charge >= 0.3 is 6.03 Å². The molecule has 2 amide bonds. The minimum absolute atomic E-state index is 0. The van der Waals surface area contributed by atoms with E-state index in [4.69, 9.17) is 20.7 Å². The molecule has 3 fully saturated rings. The Morgan fingerprint density at radius 1 is 0.881 bits per heavy atom.